The fourth-order valence-electron chi connectivity index (χ4n) is 3.88. The van der Waals surface area contributed by atoms with Gasteiger partial charge in [-0.1, -0.05) is 53.5 Å². The Morgan fingerprint density at radius 2 is 1.58 bits per heavy atom. The normalized spacial score (nSPS) is 11.8. The third-order valence-corrected chi connectivity index (χ3v) is 6.36. The first-order valence-corrected chi connectivity index (χ1v) is 11.5. The number of halogens is 2. The van der Waals surface area contributed by atoms with Crippen molar-refractivity contribution in [1.29, 1.82) is 0 Å². The van der Waals surface area contributed by atoms with Crippen molar-refractivity contribution in [1.82, 2.24) is 19.9 Å². The Labute approximate surface area is 214 Å². The van der Waals surface area contributed by atoms with Crippen molar-refractivity contribution in [2.24, 2.45) is 7.05 Å². The fraction of sp³-hybridized carbons (Fsp3) is 0.120. The van der Waals surface area contributed by atoms with E-state index in [0.29, 0.717) is 22.2 Å². The van der Waals surface area contributed by atoms with Crippen LogP contribution in [-0.2, 0) is 18.3 Å². The molecule has 36 heavy (non-hydrogen) atoms. The van der Waals surface area contributed by atoms with Gasteiger partial charge in [-0.3, -0.25) is 24.2 Å². The highest BCUT2D eigenvalue weighted by Gasteiger charge is 2.24. The lowest BCUT2D eigenvalue weighted by Crippen LogP contribution is -2.47. The Balaban J connectivity index is 1.63. The second-order valence-corrected chi connectivity index (χ2v) is 8.78. The predicted octanol–water partition coefficient (Wildman–Crippen LogP) is 2.84. The quantitative estimate of drug-likeness (QED) is 0.263. The van der Waals surface area contributed by atoms with Gasteiger partial charge in [0.25, 0.3) is 17.4 Å². The fourth-order valence-corrected chi connectivity index (χ4v) is 4.45. The molecule has 0 unspecified atom stereocenters. The molecule has 0 radical (unpaired) electrons. The molecule has 184 valence electrons. The summed E-state index contributed by atoms with van der Waals surface area (Å²) in [5, 5.41) is 12.3. The van der Waals surface area contributed by atoms with Gasteiger partial charge in [0.2, 0.25) is 0 Å². The van der Waals surface area contributed by atoms with Gasteiger partial charge in [0, 0.05) is 13.5 Å². The van der Waals surface area contributed by atoms with Crippen molar-refractivity contribution < 1.29 is 14.8 Å². The van der Waals surface area contributed by atoms with Gasteiger partial charge < -0.3 is 5.32 Å². The molecule has 1 heterocycles. The van der Waals surface area contributed by atoms with E-state index in [1.54, 1.807) is 61.6 Å². The Kier molecular flexibility index (Phi) is 7.25. The van der Waals surface area contributed by atoms with Gasteiger partial charge in [-0.25, -0.2) is 14.8 Å². The second kappa shape index (κ2) is 10.4. The van der Waals surface area contributed by atoms with Gasteiger partial charge in [0.05, 0.1) is 32.2 Å². The van der Waals surface area contributed by atoms with Crippen molar-refractivity contribution >= 4 is 45.9 Å². The van der Waals surface area contributed by atoms with E-state index in [1.165, 1.54) is 22.2 Å². The van der Waals surface area contributed by atoms with E-state index >= 15 is 0 Å². The molecule has 4 aromatic rings. The number of benzene rings is 3. The van der Waals surface area contributed by atoms with Crippen molar-refractivity contribution in [3.63, 3.8) is 0 Å². The Bertz CT molecular complexity index is 1580. The first-order chi connectivity index (χ1) is 17.2. The van der Waals surface area contributed by atoms with Crippen LogP contribution in [-0.4, -0.2) is 32.2 Å². The zero-order chi connectivity index (χ0) is 26.0. The lowest BCUT2D eigenvalue weighted by Gasteiger charge is -2.18. The summed E-state index contributed by atoms with van der Waals surface area (Å²) in [6.45, 7) is 0. The van der Waals surface area contributed by atoms with E-state index in [-0.39, 0.29) is 22.0 Å². The maximum absolute atomic E-state index is 13.0. The number of aryl methyl sites for hydroxylation is 1. The first kappa shape index (κ1) is 25.2. The SMILES string of the molecule is Cn1c(=O)n(-c2ccc(C[C@H](NC(=O)c3c(Cl)cccc3Cl)C(=O)NO)cc2)c(=O)c2ccccc21. The summed E-state index contributed by atoms with van der Waals surface area (Å²) in [6, 6.07) is 16.5. The van der Waals surface area contributed by atoms with E-state index in [1.807, 2.05) is 0 Å². The number of carbonyl (C=O) groups excluding carboxylic acids is 2. The van der Waals surface area contributed by atoms with Gasteiger partial charge in [0.1, 0.15) is 6.04 Å². The summed E-state index contributed by atoms with van der Waals surface area (Å²) < 4.78 is 2.45. The molecule has 0 saturated carbocycles. The van der Waals surface area contributed by atoms with E-state index in [0.717, 1.165) is 4.57 Å². The summed E-state index contributed by atoms with van der Waals surface area (Å²) in [7, 11) is 1.58. The molecular formula is C25H20Cl2N4O5. The molecule has 2 amide bonds. The van der Waals surface area contributed by atoms with Crippen LogP contribution in [0.5, 0.6) is 0 Å². The number of nitrogens with one attached hydrogen (secondary N) is 2. The number of hydrogen-bond acceptors (Lipinski definition) is 5. The minimum Gasteiger partial charge on any atom is -0.340 e. The molecule has 0 bridgehead atoms. The minimum absolute atomic E-state index is 0.00144. The monoisotopic (exact) mass is 526 g/mol. The highest BCUT2D eigenvalue weighted by atomic mass is 35.5. The lowest BCUT2D eigenvalue weighted by molar-refractivity contribution is -0.131. The molecule has 9 nitrogen and oxygen atoms in total. The Hall–Kier alpha value is -3.92. The van der Waals surface area contributed by atoms with Crippen LogP contribution in [0.4, 0.5) is 0 Å². The number of aromatic nitrogens is 2. The van der Waals surface area contributed by atoms with Crippen molar-refractivity contribution in [2.45, 2.75) is 12.5 Å². The maximum Gasteiger partial charge on any atom is 0.335 e. The molecule has 11 heteroatoms. The molecule has 0 aliphatic carbocycles. The van der Waals surface area contributed by atoms with Crippen molar-refractivity contribution in [3.8, 4) is 5.69 Å². The van der Waals surface area contributed by atoms with Crippen LogP contribution in [0, 0.1) is 0 Å². The summed E-state index contributed by atoms with van der Waals surface area (Å²) in [4.78, 5) is 50.9. The number of hydroxylamine groups is 1. The van der Waals surface area contributed by atoms with E-state index < -0.39 is 29.1 Å². The van der Waals surface area contributed by atoms with Gasteiger partial charge in [-0.05, 0) is 42.0 Å². The third-order valence-electron chi connectivity index (χ3n) is 5.73. The van der Waals surface area contributed by atoms with Crippen molar-refractivity contribution in [3.05, 3.63) is 109 Å². The summed E-state index contributed by atoms with van der Waals surface area (Å²) in [5.74, 6) is -1.54. The second-order valence-electron chi connectivity index (χ2n) is 7.97. The van der Waals surface area contributed by atoms with Crippen LogP contribution < -0.4 is 22.0 Å². The van der Waals surface area contributed by atoms with Crippen LogP contribution >= 0.6 is 23.2 Å². The largest absolute Gasteiger partial charge is 0.340 e. The average molecular weight is 527 g/mol. The summed E-state index contributed by atoms with van der Waals surface area (Å²) >= 11 is 12.2. The van der Waals surface area contributed by atoms with Crippen LogP contribution in [0.25, 0.3) is 16.6 Å². The van der Waals surface area contributed by atoms with Gasteiger partial charge in [0.15, 0.2) is 0 Å². The molecule has 0 spiro atoms. The molecule has 0 fully saturated rings. The first-order valence-electron chi connectivity index (χ1n) is 10.7. The zero-order valence-corrected chi connectivity index (χ0v) is 20.4. The topological polar surface area (TPSA) is 122 Å². The Morgan fingerprint density at radius 3 is 2.22 bits per heavy atom. The molecule has 0 aliphatic rings. The number of fused-ring (bicyclic) bond motifs is 1. The number of nitrogens with zero attached hydrogens (tertiary/aromatic N) is 2. The van der Waals surface area contributed by atoms with Gasteiger partial charge in [-0.15, -0.1) is 0 Å². The molecule has 4 rings (SSSR count). The number of para-hydroxylation sites is 1. The molecule has 0 saturated heterocycles. The maximum atomic E-state index is 13.0. The van der Waals surface area contributed by atoms with Gasteiger partial charge >= 0.3 is 5.69 Å². The highest BCUT2D eigenvalue weighted by molar-refractivity contribution is 6.39. The summed E-state index contributed by atoms with van der Waals surface area (Å²) in [5.41, 5.74) is 2.02. The number of carbonyl (C=O) groups is 2. The molecule has 3 aromatic carbocycles. The Morgan fingerprint density at radius 1 is 0.944 bits per heavy atom. The smallest absolute Gasteiger partial charge is 0.335 e. The van der Waals surface area contributed by atoms with Gasteiger partial charge in [-0.2, -0.15) is 0 Å². The lowest BCUT2D eigenvalue weighted by atomic mass is 10.0. The third kappa shape index (κ3) is 4.76. The highest BCUT2D eigenvalue weighted by Crippen LogP contribution is 2.24. The number of hydrogen-bond donors (Lipinski definition) is 3. The van der Waals surface area contributed by atoms with Crippen LogP contribution in [0.2, 0.25) is 10.0 Å². The summed E-state index contributed by atoms with van der Waals surface area (Å²) in [6.07, 6.45) is -0.00882. The predicted molar refractivity (Wildman–Crippen MR) is 136 cm³/mol. The van der Waals surface area contributed by atoms with Crippen LogP contribution in [0.3, 0.4) is 0 Å². The van der Waals surface area contributed by atoms with E-state index in [9.17, 15) is 19.2 Å². The van der Waals surface area contributed by atoms with Crippen molar-refractivity contribution in [2.75, 3.05) is 0 Å². The standard InChI is InChI=1S/C25H20Cl2N4O5/c1-30-20-8-3-2-5-16(20)24(34)31(25(30)35)15-11-9-14(10-12-15)13-19(22(32)29-36)28-23(33)21-17(26)6-4-7-18(21)27/h2-12,19,36H,13H2,1H3,(H,28,33)(H,29,32)/t19-/m0/s1. The molecule has 0 aliphatic heterocycles. The number of amides is 2. The molecule has 1 atom stereocenters. The van der Waals surface area contributed by atoms with Crippen LogP contribution in [0.15, 0.2) is 76.3 Å². The van der Waals surface area contributed by atoms with E-state index in [4.69, 9.17) is 28.4 Å². The molecule has 3 N–H and O–H groups in total. The van der Waals surface area contributed by atoms with E-state index in [2.05, 4.69) is 5.32 Å². The molecular weight excluding hydrogens is 507 g/mol. The van der Waals surface area contributed by atoms with Crippen LogP contribution in [0.1, 0.15) is 15.9 Å². The minimum atomic E-state index is -1.17. The zero-order valence-electron chi connectivity index (χ0n) is 18.9. The number of rotatable bonds is 6. The molecule has 1 aromatic heterocycles. The average Bonchev–Trinajstić information content (AvgIpc) is 2.87.